The maximum atomic E-state index is 11.7. The van der Waals surface area contributed by atoms with Crippen LogP contribution in [0.25, 0.3) is 22.0 Å². The van der Waals surface area contributed by atoms with Crippen LogP contribution in [0.2, 0.25) is 18.1 Å². The number of fused-ring (bicyclic) bond motifs is 3. The van der Waals surface area contributed by atoms with Crippen molar-refractivity contribution < 1.29 is 30.0 Å². The van der Waals surface area contributed by atoms with Gasteiger partial charge in [0.05, 0.1) is 13.8 Å². The SMILES string of the molecule is CC(C)(C)c1cc(-c2cc3c(cn2)[Si]2(CCCC2)CCC3)[c-]c2ccccc12.CCC(CC)C(=O)/C=C(\O)C(CC)CC.[Ir]. The summed E-state index contributed by atoms with van der Waals surface area (Å²) in [6.07, 6.45) is 12.7. The van der Waals surface area contributed by atoms with E-state index >= 15 is 0 Å². The zero-order valence-electron chi connectivity index (χ0n) is 28.2. The first-order valence-corrected chi connectivity index (χ1v) is 19.6. The van der Waals surface area contributed by atoms with Crippen molar-refractivity contribution in [3.05, 3.63) is 71.6 Å². The third kappa shape index (κ3) is 8.19. The van der Waals surface area contributed by atoms with E-state index in [1.54, 1.807) is 10.8 Å². The van der Waals surface area contributed by atoms with Crippen LogP contribution in [0.15, 0.2) is 54.4 Å². The van der Waals surface area contributed by atoms with Gasteiger partial charge in [0, 0.05) is 49.9 Å². The fourth-order valence-electron chi connectivity index (χ4n) is 7.42. The molecule has 1 radical (unpaired) electrons. The normalized spacial score (nSPS) is 16.1. The molecule has 0 saturated carbocycles. The van der Waals surface area contributed by atoms with Gasteiger partial charge in [-0.1, -0.05) is 127 Å². The van der Waals surface area contributed by atoms with E-state index in [4.69, 9.17) is 4.98 Å². The summed E-state index contributed by atoms with van der Waals surface area (Å²) in [5.41, 5.74) is 5.35. The van der Waals surface area contributed by atoms with Crippen molar-refractivity contribution >= 4 is 29.8 Å². The summed E-state index contributed by atoms with van der Waals surface area (Å²) in [6.45, 7) is 15.0. The van der Waals surface area contributed by atoms with Crippen molar-refractivity contribution in [2.24, 2.45) is 11.8 Å². The molecular weight excluding hydrogens is 735 g/mol. The monoisotopic (exact) mass is 789 g/mol. The van der Waals surface area contributed by atoms with E-state index in [0.29, 0.717) is 0 Å². The van der Waals surface area contributed by atoms with E-state index in [9.17, 15) is 9.90 Å². The van der Waals surface area contributed by atoms with E-state index in [0.717, 1.165) is 36.9 Å². The Balaban J connectivity index is 0.000000286. The van der Waals surface area contributed by atoms with Crippen LogP contribution in [0.3, 0.4) is 0 Å². The Morgan fingerprint density at radius 2 is 1.57 bits per heavy atom. The molecule has 3 nitrogen and oxygen atoms in total. The van der Waals surface area contributed by atoms with Gasteiger partial charge in [0.15, 0.2) is 5.78 Å². The smallest absolute Gasteiger partial charge is 0.162 e. The van der Waals surface area contributed by atoms with Crippen LogP contribution in [-0.2, 0) is 36.7 Å². The van der Waals surface area contributed by atoms with E-state index < -0.39 is 8.07 Å². The molecule has 241 valence electrons. The molecular formula is C39H54IrNO2Si-. The Morgan fingerprint density at radius 1 is 0.955 bits per heavy atom. The molecule has 2 aromatic carbocycles. The van der Waals surface area contributed by atoms with Crippen LogP contribution in [0.5, 0.6) is 0 Å². The van der Waals surface area contributed by atoms with Crippen molar-refractivity contribution in [1.29, 1.82) is 0 Å². The molecule has 2 aliphatic rings. The first kappa shape index (κ1) is 36.4. The van der Waals surface area contributed by atoms with Gasteiger partial charge in [-0.05, 0) is 42.7 Å². The minimum atomic E-state index is -1.22. The number of benzene rings is 2. The van der Waals surface area contributed by atoms with E-state index in [-0.39, 0.29) is 48.9 Å². The van der Waals surface area contributed by atoms with Gasteiger partial charge < -0.3 is 5.11 Å². The molecule has 0 amide bonds. The van der Waals surface area contributed by atoms with Gasteiger partial charge in [-0.25, -0.2) is 0 Å². The van der Waals surface area contributed by atoms with E-state index in [1.165, 1.54) is 66.2 Å². The van der Waals surface area contributed by atoms with Gasteiger partial charge in [0.2, 0.25) is 0 Å². The molecule has 44 heavy (non-hydrogen) atoms. The molecule has 1 spiro atoms. The molecule has 1 aromatic heterocycles. The Labute approximate surface area is 281 Å². The van der Waals surface area contributed by atoms with Crippen molar-refractivity contribution in [3.8, 4) is 11.3 Å². The van der Waals surface area contributed by atoms with Crippen LogP contribution >= 0.6 is 0 Å². The fourth-order valence-corrected chi connectivity index (χ4v) is 12.9. The molecule has 3 heterocycles. The molecule has 0 unspecified atom stereocenters. The van der Waals surface area contributed by atoms with E-state index in [2.05, 4.69) is 69.4 Å². The molecule has 0 bridgehead atoms. The van der Waals surface area contributed by atoms with Crippen LogP contribution in [0.1, 0.15) is 105 Å². The van der Waals surface area contributed by atoms with Crippen molar-refractivity contribution in [1.82, 2.24) is 4.98 Å². The predicted octanol–water partition coefficient (Wildman–Crippen LogP) is 10.3. The van der Waals surface area contributed by atoms with Gasteiger partial charge in [-0.15, -0.1) is 29.1 Å². The Kier molecular flexibility index (Phi) is 13.2. The molecule has 0 aliphatic carbocycles. The molecule has 0 atom stereocenters. The number of allylic oxidation sites excluding steroid dienone is 2. The molecule has 5 heteroatoms. The number of hydrogen-bond acceptors (Lipinski definition) is 3. The molecule has 5 rings (SSSR count). The molecule has 3 aromatic rings. The largest absolute Gasteiger partial charge is 0.512 e. The number of nitrogens with zero attached hydrogens (tertiary/aromatic N) is 1. The van der Waals surface area contributed by atoms with Crippen LogP contribution in [0, 0.1) is 17.9 Å². The van der Waals surface area contributed by atoms with Gasteiger partial charge in [0.1, 0.15) is 0 Å². The number of hydrogen-bond donors (Lipinski definition) is 1. The maximum absolute atomic E-state index is 11.7. The molecule has 1 fully saturated rings. The number of aliphatic hydroxyl groups excluding tert-OH is 1. The minimum absolute atomic E-state index is 0. The summed E-state index contributed by atoms with van der Waals surface area (Å²) in [4.78, 5) is 16.7. The standard InChI is InChI=1S/C26H30NSi.C13H24O2.Ir/c1-26(2,3)23-16-21(15-19-9-4-5-11-22(19)23)24-17-20-10-8-14-28(12-6-7-13-28)25(20)18-27-24;1-5-10(6-2)12(14)9-13(15)11(7-3)8-4;/h4-5,9,11,16-18H,6-8,10,12-14H2,1-3H3;9-11,14H,5-8H2,1-4H3;/q-1;;/b;12-9-;. The summed E-state index contributed by atoms with van der Waals surface area (Å²) in [5.74, 6) is 0.547. The quantitative estimate of drug-likeness (QED) is 0.107. The summed E-state index contributed by atoms with van der Waals surface area (Å²) in [6, 6.07) is 21.6. The van der Waals surface area contributed by atoms with Crippen molar-refractivity contribution in [2.75, 3.05) is 0 Å². The zero-order valence-corrected chi connectivity index (χ0v) is 31.6. The third-order valence-electron chi connectivity index (χ3n) is 10.2. The number of carbonyl (C=O) groups excluding carboxylic acids is 1. The summed E-state index contributed by atoms with van der Waals surface area (Å²) < 4.78 is 0. The Hall–Kier alpha value is -2.07. The van der Waals surface area contributed by atoms with Gasteiger partial charge in [-0.3, -0.25) is 9.78 Å². The van der Waals surface area contributed by atoms with Crippen LogP contribution in [0.4, 0.5) is 0 Å². The average molecular weight is 789 g/mol. The molecule has 1 saturated heterocycles. The fraction of sp³-hybridized carbons (Fsp3) is 0.538. The second kappa shape index (κ2) is 16.0. The number of rotatable bonds is 8. The Bertz CT molecular complexity index is 1430. The summed E-state index contributed by atoms with van der Waals surface area (Å²) >= 11 is 0. The molecule has 1 N–H and O–H groups in total. The minimum Gasteiger partial charge on any atom is -0.512 e. The van der Waals surface area contributed by atoms with Gasteiger partial charge >= 0.3 is 0 Å². The van der Waals surface area contributed by atoms with E-state index in [1.807, 2.05) is 27.7 Å². The molecule has 2 aliphatic heterocycles. The number of carbonyl (C=O) groups is 1. The van der Waals surface area contributed by atoms with Gasteiger partial charge in [0.25, 0.3) is 0 Å². The summed E-state index contributed by atoms with van der Waals surface area (Å²) in [7, 11) is -1.22. The maximum Gasteiger partial charge on any atom is 0.162 e. The number of aromatic nitrogens is 1. The average Bonchev–Trinajstić information content (AvgIpc) is 3.46. The zero-order chi connectivity index (χ0) is 31.2. The number of pyridine rings is 1. The number of aryl methyl sites for hydroxylation is 1. The van der Waals surface area contributed by atoms with Crippen LogP contribution in [-0.4, -0.2) is 23.9 Å². The number of aliphatic hydroxyl groups is 1. The Morgan fingerprint density at radius 3 is 2.18 bits per heavy atom. The van der Waals surface area contributed by atoms with Gasteiger partial charge in [-0.2, -0.15) is 0 Å². The van der Waals surface area contributed by atoms with Crippen molar-refractivity contribution in [3.63, 3.8) is 0 Å². The summed E-state index contributed by atoms with van der Waals surface area (Å²) in [5, 5.41) is 14.0. The van der Waals surface area contributed by atoms with Crippen molar-refractivity contribution in [2.45, 2.75) is 123 Å². The second-order valence-electron chi connectivity index (χ2n) is 14.0. The third-order valence-corrected chi connectivity index (χ3v) is 15.7. The second-order valence-corrected chi connectivity index (χ2v) is 18.6. The first-order valence-electron chi connectivity index (χ1n) is 17.0. The topological polar surface area (TPSA) is 50.2 Å². The first-order chi connectivity index (χ1) is 20.6. The van der Waals surface area contributed by atoms with Crippen LogP contribution < -0.4 is 5.19 Å². The number of ketones is 1. The predicted molar refractivity (Wildman–Crippen MR) is 186 cm³/mol.